The van der Waals surface area contributed by atoms with Crippen LogP contribution in [0.4, 0.5) is 0 Å². The largest absolute Gasteiger partial charge is 0.298 e. The van der Waals surface area contributed by atoms with Crippen molar-refractivity contribution in [1.29, 1.82) is 0 Å². The van der Waals surface area contributed by atoms with E-state index in [1.807, 2.05) is 0 Å². The Kier molecular flexibility index (Phi) is 4.59. The van der Waals surface area contributed by atoms with Crippen molar-refractivity contribution in [3.05, 3.63) is 38.5 Å². The number of hydrogen-bond donors (Lipinski definition) is 1. The Labute approximate surface area is 134 Å². The molecule has 8 heteroatoms. The van der Waals surface area contributed by atoms with Gasteiger partial charge >= 0.3 is 0 Å². The lowest BCUT2D eigenvalue weighted by molar-refractivity contribution is -0.128. The number of thiophene rings is 1. The molecule has 0 spiro atoms. The van der Waals surface area contributed by atoms with Gasteiger partial charge in [0.15, 0.2) is 5.11 Å². The van der Waals surface area contributed by atoms with Gasteiger partial charge < -0.3 is 0 Å². The SMILES string of the molecule is C=CCN1C(=O)/C(=C/c2cc(Cl)sc2Cl)C(=O)NC1=S. The minimum absolute atomic E-state index is 0.0446. The van der Waals surface area contributed by atoms with E-state index in [2.05, 4.69) is 11.9 Å². The monoisotopic (exact) mass is 346 g/mol. The summed E-state index contributed by atoms with van der Waals surface area (Å²) in [7, 11) is 0. The molecular formula is C12H8Cl2N2O2S2. The third-order valence-electron chi connectivity index (χ3n) is 2.48. The molecule has 1 N–H and O–H groups in total. The van der Waals surface area contributed by atoms with E-state index in [1.165, 1.54) is 17.1 Å². The van der Waals surface area contributed by atoms with Crippen molar-refractivity contribution < 1.29 is 9.59 Å². The molecule has 20 heavy (non-hydrogen) atoms. The number of halogens is 2. The van der Waals surface area contributed by atoms with Gasteiger partial charge in [0.25, 0.3) is 11.8 Å². The molecule has 1 aliphatic rings. The van der Waals surface area contributed by atoms with Crippen molar-refractivity contribution in [2.45, 2.75) is 0 Å². The number of hydrogen-bond acceptors (Lipinski definition) is 4. The van der Waals surface area contributed by atoms with Gasteiger partial charge in [-0.15, -0.1) is 17.9 Å². The molecule has 0 bridgehead atoms. The molecular weight excluding hydrogens is 339 g/mol. The molecule has 1 saturated heterocycles. The van der Waals surface area contributed by atoms with Crippen LogP contribution in [-0.2, 0) is 9.59 Å². The van der Waals surface area contributed by atoms with Crippen molar-refractivity contribution in [3.8, 4) is 0 Å². The second-order valence-corrected chi connectivity index (χ2v) is 6.47. The first-order valence-electron chi connectivity index (χ1n) is 5.38. The number of nitrogens with one attached hydrogen (secondary N) is 1. The van der Waals surface area contributed by atoms with Crippen LogP contribution in [0.1, 0.15) is 5.56 Å². The molecule has 0 unspecified atom stereocenters. The van der Waals surface area contributed by atoms with E-state index in [0.717, 1.165) is 11.3 Å². The highest BCUT2D eigenvalue weighted by Gasteiger charge is 2.32. The van der Waals surface area contributed by atoms with E-state index in [1.54, 1.807) is 6.07 Å². The van der Waals surface area contributed by atoms with Crippen molar-refractivity contribution in [2.24, 2.45) is 0 Å². The first-order valence-corrected chi connectivity index (χ1v) is 7.36. The molecule has 4 nitrogen and oxygen atoms in total. The van der Waals surface area contributed by atoms with Gasteiger partial charge in [-0.3, -0.25) is 19.8 Å². The van der Waals surface area contributed by atoms with Crippen LogP contribution in [0.3, 0.4) is 0 Å². The van der Waals surface area contributed by atoms with E-state index in [9.17, 15) is 9.59 Å². The Morgan fingerprint density at radius 2 is 2.15 bits per heavy atom. The summed E-state index contributed by atoms with van der Waals surface area (Å²) >= 11 is 17.9. The second-order valence-electron chi connectivity index (χ2n) is 3.80. The highest BCUT2D eigenvalue weighted by atomic mass is 35.5. The highest BCUT2D eigenvalue weighted by Crippen LogP contribution is 2.33. The number of amides is 2. The van der Waals surface area contributed by atoms with Crippen molar-refractivity contribution in [2.75, 3.05) is 6.54 Å². The number of carbonyl (C=O) groups is 2. The minimum Gasteiger partial charge on any atom is -0.298 e. The maximum atomic E-state index is 12.2. The minimum atomic E-state index is -0.557. The van der Waals surface area contributed by atoms with Gasteiger partial charge in [0.05, 0.1) is 4.34 Å². The third-order valence-corrected chi connectivity index (χ3v) is 4.32. The zero-order valence-corrected chi connectivity index (χ0v) is 13.1. The fourth-order valence-corrected chi connectivity index (χ4v) is 3.26. The van der Waals surface area contributed by atoms with Gasteiger partial charge in [-0.1, -0.05) is 29.3 Å². The predicted octanol–water partition coefficient (Wildman–Crippen LogP) is 2.87. The molecule has 2 heterocycles. The average molecular weight is 347 g/mol. The number of nitrogens with zero attached hydrogens (tertiary/aromatic N) is 1. The van der Waals surface area contributed by atoms with Crippen LogP contribution in [0.5, 0.6) is 0 Å². The maximum absolute atomic E-state index is 12.2. The molecule has 2 amide bonds. The first-order chi connectivity index (χ1) is 9.43. The lowest BCUT2D eigenvalue weighted by Gasteiger charge is -2.27. The molecule has 1 aromatic heterocycles. The van der Waals surface area contributed by atoms with Gasteiger partial charge in [0.2, 0.25) is 0 Å². The number of carbonyl (C=O) groups excluding carboxylic acids is 2. The van der Waals surface area contributed by atoms with Crippen LogP contribution in [-0.4, -0.2) is 28.4 Å². The fraction of sp³-hybridized carbons (Fsp3) is 0.0833. The summed E-state index contributed by atoms with van der Waals surface area (Å²) in [6, 6.07) is 1.59. The molecule has 2 rings (SSSR count). The molecule has 0 aromatic carbocycles. The predicted molar refractivity (Wildman–Crippen MR) is 85.0 cm³/mol. The Balaban J connectivity index is 2.41. The van der Waals surface area contributed by atoms with E-state index in [0.29, 0.717) is 14.2 Å². The summed E-state index contributed by atoms with van der Waals surface area (Å²) in [5, 5.41) is 2.51. The molecule has 0 saturated carbocycles. The Morgan fingerprint density at radius 3 is 2.70 bits per heavy atom. The van der Waals surface area contributed by atoms with Crippen LogP contribution < -0.4 is 5.32 Å². The van der Waals surface area contributed by atoms with Crippen LogP contribution in [0.2, 0.25) is 8.67 Å². The summed E-state index contributed by atoms with van der Waals surface area (Å²) in [5.74, 6) is -1.05. The number of thiocarbonyl (C=S) groups is 1. The Morgan fingerprint density at radius 1 is 1.45 bits per heavy atom. The van der Waals surface area contributed by atoms with E-state index < -0.39 is 11.8 Å². The zero-order valence-electron chi connectivity index (χ0n) is 9.98. The molecule has 1 fully saturated rings. The van der Waals surface area contributed by atoms with Gasteiger partial charge in [0.1, 0.15) is 9.91 Å². The van der Waals surface area contributed by atoms with Crippen molar-refractivity contribution >= 4 is 69.8 Å². The molecule has 1 aliphatic heterocycles. The summed E-state index contributed by atoms with van der Waals surface area (Å²) < 4.78 is 0.885. The topological polar surface area (TPSA) is 49.4 Å². The Hall–Kier alpha value is -1.21. The molecule has 0 atom stereocenters. The first kappa shape index (κ1) is 15.2. The molecule has 0 aliphatic carbocycles. The van der Waals surface area contributed by atoms with Gasteiger partial charge in [0, 0.05) is 12.1 Å². The van der Waals surface area contributed by atoms with Crippen molar-refractivity contribution in [1.82, 2.24) is 10.2 Å². The molecule has 1 aromatic rings. The quantitative estimate of drug-likeness (QED) is 0.396. The summed E-state index contributed by atoms with van der Waals surface area (Å²) in [4.78, 5) is 25.4. The van der Waals surface area contributed by atoms with Crippen molar-refractivity contribution in [3.63, 3.8) is 0 Å². The second kappa shape index (κ2) is 6.05. The van der Waals surface area contributed by atoms with Gasteiger partial charge in [-0.05, 0) is 24.4 Å². The van der Waals surface area contributed by atoms with E-state index in [4.69, 9.17) is 35.4 Å². The fourth-order valence-electron chi connectivity index (χ4n) is 1.60. The average Bonchev–Trinajstić information content (AvgIpc) is 2.68. The van der Waals surface area contributed by atoms with E-state index >= 15 is 0 Å². The summed E-state index contributed by atoms with van der Waals surface area (Å²) in [6.07, 6.45) is 2.92. The summed E-state index contributed by atoms with van der Waals surface area (Å²) in [5.41, 5.74) is 0.475. The van der Waals surface area contributed by atoms with E-state index in [-0.39, 0.29) is 17.2 Å². The summed E-state index contributed by atoms with van der Waals surface area (Å²) in [6.45, 7) is 3.76. The normalized spacial score (nSPS) is 17.6. The maximum Gasteiger partial charge on any atom is 0.265 e. The number of rotatable bonds is 3. The lowest BCUT2D eigenvalue weighted by atomic mass is 10.1. The molecule has 104 valence electrons. The van der Waals surface area contributed by atoms with Crippen LogP contribution >= 0.6 is 46.8 Å². The smallest absolute Gasteiger partial charge is 0.265 e. The molecule has 0 radical (unpaired) electrons. The standard InChI is InChI=1S/C12H8Cl2N2O2S2/c1-2-3-16-11(18)7(10(17)15-12(16)19)4-6-5-8(13)20-9(6)14/h2,4-5H,1,3H2,(H,15,17,19)/b7-4+. The van der Waals surface area contributed by atoms with Crippen LogP contribution in [0, 0.1) is 0 Å². The van der Waals surface area contributed by atoms with Gasteiger partial charge in [-0.25, -0.2) is 0 Å². The zero-order chi connectivity index (χ0) is 14.9. The lowest BCUT2D eigenvalue weighted by Crippen LogP contribution is -2.53. The third kappa shape index (κ3) is 2.93. The van der Waals surface area contributed by atoms with Gasteiger partial charge in [-0.2, -0.15) is 0 Å². The van der Waals surface area contributed by atoms with Crippen LogP contribution in [0.25, 0.3) is 6.08 Å². The highest BCUT2D eigenvalue weighted by molar-refractivity contribution is 7.80. The Bertz CT molecular complexity index is 652. The van der Waals surface area contributed by atoms with Crippen LogP contribution in [0.15, 0.2) is 24.3 Å².